The molecular formula is C19H30N2O2. The lowest BCUT2D eigenvalue weighted by Crippen LogP contribution is -2.50. The minimum atomic E-state index is -0.117. The number of hydrogen-bond acceptors (Lipinski definition) is 3. The van der Waals surface area contributed by atoms with Gasteiger partial charge in [0.05, 0.1) is 6.04 Å². The molecule has 0 bridgehead atoms. The molecule has 4 heteroatoms. The van der Waals surface area contributed by atoms with Crippen LogP contribution in [0.3, 0.4) is 0 Å². The summed E-state index contributed by atoms with van der Waals surface area (Å²) in [5.74, 6) is 0.0820. The van der Waals surface area contributed by atoms with Gasteiger partial charge in [0.25, 0.3) is 0 Å². The largest absolute Gasteiger partial charge is 0.396 e. The summed E-state index contributed by atoms with van der Waals surface area (Å²) in [7, 11) is 0. The van der Waals surface area contributed by atoms with E-state index in [1.807, 2.05) is 6.92 Å². The number of carbonyl (C=O) groups excluding carboxylic acids is 1. The molecule has 2 rings (SSSR count). The minimum Gasteiger partial charge on any atom is -0.396 e. The first-order chi connectivity index (χ1) is 11.0. The predicted molar refractivity (Wildman–Crippen MR) is 93.1 cm³/mol. The fraction of sp³-hybridized carbons (Fsp3) is 0.632. The molecular weight excluding hydrogens is 288 g/mol. The zero-order valence-electron chi connectivity index (χ0n) is 14.6. The molecule has 23 heavy (non-hydrogen) atoms. The molecule has 0 spiro atoms. The SMILES string of the molecule is CCC1(CO)CCN(C(C)C(=O)NCc2ccc(C)cc2)CC1. The van der Waals surface area contributed by atoms with Crippen molar-refractivity contribution in [3.63, 3.8) is 0 Å². The summed E-state index contributed by atoms with van der Waals surface area (Å²) in [5.41, 5.74) is 2.42. The monoisotopic (exact) mass is 318 g/mol. The summed E-state index contributed by atoms with van der Waals surface area (Å²) < 4.78 is 0. The maximum absolute atomic E-state index is 12.4. The second-order valence-electron chi connectivity index (χ2n) is 6.93. The standard InChI is InChI=1S/C19H30N2O2/c1-4-19(14-22)9-11-21(12-10-19)16(3)18(23)20-13-17-7-5-15(2)6-8-17/h5-8,16,22H,4,9-14H2,1-3H3,(H,20,23). The Labute approximate surface area is 139 Å². The Bertz CT molecular complexity index is 499. The second-order valence-corrected chi connectivity index (χ2v) is 6.93. The lowest BCUT2D eigenvalue weighted by atomic mass is 9.76. The average Bonchev–Trinajstić information content (AvgIpc) is 2.60. The van der Waals surface area contributed by atoms with Crippen molar-refractivity contribution < 1.29 is 9.90 Å². The third-order valence-electron chi connectivity index (χ3n) is 5.46. The molecule has 1 aliphatic heterocycles. The zero-order chi connectivity index (χ0) is 16.9. The first-order valence-corrected chi connectivity index (χ1v) is 8.68. The van der Waals surface area contributed by atoms with Crippen molar-refractivity contribution in [1.29, 1.82) is 0 Å². The number of nitrogens with zero attached hydrogens (tertiary/aromatic N) is 1. The van der Waals surface area contributed by atoms with Crippen LogP contribution >= 0.6 is 0 Å². The van der Waals surface area contributed by atoms with Gasteiger partial charge in [0.15, 0.2) is 0 Å². The van der Waals surface area contributed by atoms with Gasteiger partial charge in [0.2, 0.25) is 5.91 Å². The third-order valence-corrected chi connectivity index (χ3v) is 5.46. The number of aliphatic hydroxyl groups excluding tert-OH is 1. The topological polar surface area (TPSA) is 52.6 Å². The molecule has 1 unspecified atom stereocenters. The molecule has 0 aliphatic carbocycles. The number of amides is 1. The van der Waals surface area contributed by atoms with E-state index in [1.165, 1.54) is 5.56 Å². The van der Waals surface area contributed by atoms with Crippen LogP contribution in [0.15, 0.2) is 24.3 Å². The maximum atomic E-state index is 12.4. The molecule has 0 aromatic heterocycles. The van der Waals surface area contributed by atoms with Crippen LogP contribution in [0.4, 0.5) is 0 Å². The summed E-state index contributed by atoms with van der Waals surface area (Å²) >= 11 is 0. The predicted octanol–water partition coefficient (Wildman–Crippen LogP) is 2.48. The highest BCUT2D eigenvalue weighted by atomic mass is 16.3. The van der Waals surface area contributed by atoms with E-state index in [9.17, 15) is 9.90 Å². The number of likely N-dealkylation sites (tertiary alicyclic amines) is 1. The summed E-state index contributed by atoms with van der Waals surface area (Å²) in [6.45, 7) is 8.77. The first-order valence-electron chi connectivity index (χ1n) is 8.68. The van der Waals surface area contributed by atoms with Gasteiger partial charge in [0.1, 0.15) is 0 Å². The van der Waals surface area contributed by atoms with E-state index in [0.29, 0.717) is 6.54 Å². The van der Waals surface area contributed by atoms with Crippen LogP contribution in [-0.2, 0) is 11.3 Å². The zero-order valence-corrected chi connectivity index (χ0v) is 14.6. The van der Waals surface area contributed by atoms with Crippen molar-refractivity contribution in [2.45, 2.75) is 52.6 Å². The number of rotatable bonds is 6. The summed E-state index contributed by atoms with van der Waals surface area (Å²) in [6, 6.07) is 8.12. The Balaban J connectivity index is 1.82. The lowest BCUT2D eigenvalue weighted by molar-refractivity contribution is -0.127. The highest BCUT2D eigenvalue weighted by Gasteiger charge is 2.35. The molecule has 1 amide bonds. The van der Waals surface area contributed by atoms with Crippen LogP contribution in [0, 0.1) is 12.3 Å². The summed E-state index contributed by atoms with van der Waals surface area (Å²) in [5, 5.41) is 12.6. The number of piperidine rings is 1. The van der Waals surface area contributed by atoms with Crippen LogP contribution in [0.1, 0.15) is 44.2 Å². The van der Waals surface area contributed by atoms with Gasteiger partial charge in [-0.3, -0.25) is 9.69 Å². The van der Waals surface area contributed by atoms with Crippen molar-refractivity contribution in [2.24, 2.45) is 5.41 Å². The number of aliphatic hydroxyl groups is 1. The van der Waals surface area contributed by atoms with E-state index in [1.54, 1.807) is 0 Å². The van der Waals surface area contributed by atoms with Crippen LogP contribution in [0.2, 0.25) is 0 Å². The number of nitrogens with one attached hydrogen (secondary N) is 1. The number of carbonyl (C=O) groups is 1. The van der Waals surface area contributed by atoms with E-state index in [-0.39, 0.29) is 24.0 Å². The van der Waals surface area contributed by atoms with E-state index in [4.69, 9.17) is 0 Å². The first kappa shape index (κ1) is 18.0. The van der Waals surface area contributed by atoms with Gasteiger partial charge in [-0.05, 0) is 57.2 Å². The molecule has 0 saturated carbocycles. The lowest BCUT2D eigenvalue weighted by Gasteiger charge is -2.42. The van der Waals surface area contributed by atoms with Gasteiger partial charge < -0.3 is 10.4 Å². The molecule has 1 atom stereocenters. The van der Waals surface area contributed by atoms with Gasteiger partial charge in [-0.25, -0.2) is 0 Å². The highest BCUT2D eigenvalue weighted by molar-refractivity contribution is 5.81. The van der Waals surface area contributed by atoms with E-state index in [2.05, 4.69) is 48.3 Å². The van der Waals surface area contributed by atoms with E-state index < -0.39 is 0 Å². The molecule has 1 aromatic rings. The number of hydrogen-bond donors (Lipinski definition) is 2. The van der Waals surface area contributed by atoms with Crippen molar-refractivity contribution in [3.8, 4) is 0 Å². The van der Waals surface area contributed by atoms with Gasteiger partial charge in [-0.1, -0.05) is 36.8 Å². The number of benzene rings is 1. The smallest absolute Gasteiger partial charge is 0.237 e. The van der Waals surface area contributed by atoms with Crippen molar-refractivity contribution in [3.05, 3.63) is 35.4 Å². The van der Waals surface area contributed by atoms with E-state index >= 15 is 0 Å². The Hall–Kier alpha value is -1.39. The van der Waals surface area contributed by atoms with Gasteiger partial charge in [-0.15, -0.1) is 0 Å². The fourth-order valence-corrected chi connectivity index (χ4v) is 3.22. The number of aryl methyl sites for hydroxylation is 1. The van der Waals surface area contributed by atoms with Crippen LogP contribution in [0.25, 0.3) is 0 Å². The summed E-state index contributed by atoms with van der Waals surface area (Å²) in [6.07, 6.45) is 2.94. The Morgan fingerprint density at radius 2 is 1.91 bits per heavy atom. The van der Waals surface area contributed by atoms with Crippen LogP contribution in [0.5, 0.6) is 0 Å². The maximum Gasteiger partial charge on any atom is 0.237 e. The molecule has 1 heterocycles. The van der Waals surface area contributed by atoms with E-state index in [0.717, 1.165) is 37.9 Å². The second kappa shape index (κ2) is 7.93. The molecule has 2 N–H and O–H groups in total. The minimum absolute atomic E-state index is 0.0641. The Morgan fingerprint density at radius 3 is 2.43 bits per heavy atom. The van der Waals surface area contributed by atoms with Gasteiger partial charge in [0, 0.05) is 13.2 Å². The molecule has 128 valence electrons. The molecule has 1 fully saturated rings. The Kier molecular flexibility index (Phi) is 6.19. The van der Waals surface area contributed by atoms with Crippen molar-refractivity contribution in [2.75, 3.05) is 19.7 Å². The van der Waals surface area contributed by atoms with Crippen LogP contribution < -0.4 is 5.32 Å². The van der Waals surface area contributed by atoms with Crippen molar-refractivity contribution >= 4 is 5.91 Å². The highest BCUT2D eigenvalue weighted by Crippen LogP contribution is 2.34. The normalized spacial score (nSPS) is 19.3. The molecule has 1 aromatic carbocycles. The van der Waals surface area contributed by atoms with Gasteiger partial charge in [-0.2, -0.15) is 0 Å². The fourth-order valence-electron chi connectivity index (χ4n) is 3.22. The molecule has 1 aliphatic rings. The molecule has 4 nitrogen and oxygen atoms in total. The van der Waals surface area contributed by atoms with Crippen molar-refractivity contribution in [1.82, 2.24) is 10.2 Å². The molecule has 1 saturated heterocycles. The summed E-state index contributed by atoms with van der Waals surface area (Å²) in [4.78, 5) is 14.6. The third kappa shape index (κ3) is 4.55. The molecule has 0 radical (unpaired) electrons. The average molecular weight is 318 g/mol. The van der Waals surface area contributed by atoms with Gasteiger partial charge >= 0.3 is 0 Å². The van der Waals surface area contributed by atoms with Crippen LogP contribution in [-0.4, -0.2) is 41.7 Å². The quantitative estimate of drug-likeness (QED) is 0.847. The Morgan fingerprint density at radius 1 is 1.30 bits per heavy atom.